The van der Waals surface area contributed by atoms with Gasteiger partial charge < -0.3 is 5.11 Å². The Balaban J connectivity index is 1.98. The van der Waals surface area contributed by atoms with Gasteiger partial charge in [-0.1, -0.05) is 29.8 Å². The predicted octanol–water partition coefficient (Wildman–Crippen LogP) is 4.30. The van der Waals surface area contributed by atoms with Crippen molar-refractivity contribution >= 4 is 22.5 Å². The van der Waals surface area contributed by atoms with E-state index >= 15 is 0 Å². The first kappa shape index (κ1) is 14.0. The van der Waals surface area contributed by atoms with E-state index in [1.54, 1.807) is 36.5 Å². The second-order valence-electron chi connectivity index (χ2n) is 4.89. The zero-order chi connectivity index (χ0) is 14.8. The Morgan fingerprint density at radius 1 is 1.14 bits per heavy atom. The van der Waals surface area contributed by atoms with Gasteiger partial charge in [-0.05, 0) is 35.9 Å². The van der Waals surface area contributed by atoms with Crippen LogP contribution in [0.3, 0.4) is 0 Å². The highest BCUT2D eigenvalue weighted by molar-refractivity contribution is 6.35. The van der Waals surface area contributed by atoms with Crippen LogP contribution in [0.4, 0.5) is 4.39 Å². The van der Waals surface area contributed by atoms with Crippen LogP contribution >= 0.6 is 11.6 Å². The normalized spacial score (nSPS) is 12.5. The molecule has 0 radical (unpaired) electrons. The van der Waals surface area contributed by atoms with E-state index in [1.807, 2.05) is 6.07 Å². The lowest BCUT2D eigenvalue weighted by Crippen LogP contribution is -2.03. The number of halogens is 2. The van der Waals surface area contributed by atoms with Crippen molar-refractivity contribution in [2.45, 2.75) is 12.5 Å². The van der Waals surface area contributed by atoms with E-state index in [-0.39, 0.29) is 5.82 Å². The van der Waals surface area contributed by atoms with Gasteiger partial charge in [0.1, 0.15) is 5.82 Å². The van der Waals surface area contributed by atoms with Gasteiger partial charge in [0.25, 0.3) is 0 Å². The zero-order valence-electron chi connectivity index (χ0n) is 11.1. The molecule has 3 rings (SSSR count). The number of rotatable bonds is 3. The highest BCUT2D eigenvalue weighted by Crippen LogP contribution is 2.29. The van der Waals surface area contributed by atoms with Crippen LogP contribution in [-0.2, 0) is 6.42 Å². The fraction of sp³-hybridized carbons (Fsp3) is 0.118. The van der Waals surface area contributed by atoms with Gasteiger partial charge in [0.2, 0.25) is 0 Å². The minimum atomic E-state index is -0.763. The molecule has 4 heteroatoms. The van der Waals surface area contributed by atoms with Gasteiger partial charge in [-0.15, -0.1) is 0 Å². The van der Waals surface area contributed by atoms with E-state index in [9.17, 15) is 9.50 Å². The van der Waals surface area contributed by atoms with Gasteiger partial charge in [0, 0.05) is 28.6 Å². The van der Waals surface area contributed by atoms with Crippen molar-refractivity contribution in [1.82, 2.24) is 4.98 Å². The van der Waals surface area contributed by atoms with Gasteiger partial charge in [-0.2, -0.15) is 0 Å². The first-order chi connectivity index (χ1) is 10.1. The van der Waals surface area contributed by atoms with E-state index < -0.39 is 6.10 Å². The molecule has 0 saturated heterocycles. The van der Waals surface area contributed by atoms with Crippen molar-refractivity contribution in [3.63, 3.8) is 0 Å². The largest absolute Gasteiger partial charge is 0.388 e. The smallest absolute Gasteiger partial charge is 0.123 e. The zero-order valence-corrected chi connectivity index (χ0v) is 11.9. The molecule has 0 saturated carbocycles. The molecule has 3 aromatic rings. The summed E-state index contributed by atoms with van der Waals surface area (Å²) in [4.78, 5) is 4.30. The fourth-order valence-corrected chi connectivity index (χ4v) is 2.64. The molecule has 21 heavy (non-hydrogen) atoms. The van der Waals surface area contributed by atoms with Crippen LogP contribution in [-0.4, -0.2) is 10.1 Å². The maximum Gasteiger partial charge on any atom is 0.123 e. The molecule has 0 bridgehead atoms. The number of pyridine rings is 1. The Bertz CT molecular complexity index is 791. The van der Waals surface area contributed by atoms with Crippen LogP contribution in [0.15, 0.2) is 54.7 Å². The van der Waals surface area contributed by atoms with Gasteiger partial charge >= 0.3 is 0 Å². The third-order valence-electron chi connectivity index (χ3n) is 3.42. The molecular weight excluding hydrogens is 289 g/mol. The van der Waals surface area contributed by atoms with Gasteiger partial charge in [-0.25, -0.2) is 4.39 Å². The molecule has 106 valence electrons. The van der Waals surface area contributed by atoms with Gasteiger partial charge in [0.15, 0.2) is 0 Å². The number of aliphatic hydroxyl groups is 1. The molecule has 0 aliphatic heterocycles. The predicted molar refractivity (Wildman–Crippen MR) is 81.8 cm³/mol. The maximum absolute atomic E-state index is 13.2. The molecule has 1 heterocycles. The number of nitrogens with zero attached hydrogens (tertiary/aromatic N) is 1. The Hall–Kier alpha value is -1.97. The van der Waals surface area contributed by atoms with E-state index in [4.69, 9.17) is 11.6 Å². The van der Waals surface area contributed by atoms with Crippen LogP contribution in [0.25, 0.3) is 10.9 Å². The molecule has 1 aromatic heterocycles. The molecule has 1 N–H and O–H groups in total. The molecule has 0 amide bonds. The average Bonchev–Trinajstić information content (AvgIpc) is 2.48. The summed E-state index contributed by atoms with van der Waals surface area (Å²) < 4.78 is 13.2. The molecule has 2 aromatic carbocycles. The van der Waals surface area contributed by atoms with Crippen molar-refractivity contribution in [2.24, 2.45) is 0 Å². The van der Waals surface area contributed by atoms with Crippen LogP contribution in [0, 0.1) is 5.82 Å². The summed E-state index contributed by atoms with van der Waals surface area (Å²) in [6.45, 7) is 0. The van der Waals surface area contributed by atoms with Crippen LogP contribution in [0.1, 0.15) is 17.2 Å². The lowest BCUT2D eigenvalue weighted by Gasteiger charge is -2.14. The third kappa shape index (κ3) is 2.89. The van der Waals surface area contributed by atoms with Crippen molar-refractivity contribution in [3.05, 3.63) is 76.7 Å². The molecule has 0 aliphatic rings. The summed E-state index contributed by atoms with van der Waals surface area (Å²) in [6.07, 6.45) is 1.23. The molecule has 2 nitrogen and oxygen atoms in total. The van der Waals surface area contributed by atoms with Crippen LogP contribution in [0.5, 0.6) is 0 Å². The van der Waals surface area contributed by atoms with Gasteiger partial charge in [0.05, 0.1) is 11.6 Å². The van der Waals surface area contributed by atoms with E-state index in [2.05, 4.69) is 4.98 Å². The monoisotopic (exact) mass is 301 g/mol. The number of benzene rings is 2. The standard InChI is InChI=1S/C17H13ClFNO/c18-15-7-6-14(17-13(15)5-2-8-20-17)16(21)10-11-3-1-4-12(19)9-11/h1-9,16,21H,10H2. The van der Waals surface area contributed by atoms with Crippen molar-refractivity contribution < 1.29 is 9.50 Å². The van der Waals surface area contributed by atoms with E-state index in [0.29, 0.717) is 22.5 Å². The lowest BCUT2D eigenvalue weighted by atomic mass is 9.99. The molecule has 1 atom stereocenters. The van der Waals surface area contributed by atoms with Crippen LogP contribution in [0.2, 0.25) is 5.02 Å². The maximum atomic E-state index is 13.2. The lowest BCUT2D eigenvalue weighted by molar-refractivity contribution is 0.179. The van der Waals surface area contributed by atoms with Crippen molar-refractivity contribution in [1.29, 1.82) is 0 Å². The Morgan fingerprint density at radius 3 is 2.81 bits per heavy atom. The highest BCUT2D eigenvalue weighted by atomic mass is 35.5. The first-order valence-electron chi connectivity index (χ1n) is 6.61. The second-order valence-corrected chi connectivity index (χ2v) is 5.29. The Morgan fingerprint density at radius 2 is 2.00 bits per heavy atom. The van der Waals surface area contributed by atoms with Gasteiger partial charge in [-0.3, -0.25) is 4.98 Å². The fourth-order valence-electron chi connectivity index (χ4n) is 2.43. The summed E-state index contributed by atoms with van der Waals surface area (Å²) in [6, 6.07) is 13.4. The number of hydrogen-bond acceptors (Lipinski definition) is 2. The number of hydrogen-bond donors (Lipinski definition) is 1. The first-order valence-corrected chi connectivity index (χ1v) is 6.98. The van der Waals surface area contributed by atoms with Crippen molar-refractivity contribution in [3.8, 4) is 0 Å². The topological polar surface area (TPSA) is 33.1 Å². The number of aromatic nitrogens is 1. The van der Waals surface area contributed by atoms with Crippen molar-refractivity contribution in [2.75, 3.05) is 0 Å². The molecule has 0 fully saturated rings. The number of aliphatic hydroxyl groups excluding tert-OH is 1. The summed E-state index contributed by atoms with van der Waals surface area (Å²) in [5, 5.41) is 11.8. The molecule has 0 aliphatic carbocycles. The van der Waals surface area contributed by atoms with E-state index in [0.717, 1.165) is 10.9 Å². The SMILES string of the molecule is OC(Cc1cccc(F)c1)c1ccc(Cl)c2cccnc12. The molecular formula is C17H13ClFNO. The second kappa shape index (κ2) is 5.80. The highest BCUT2D eigenvalue weighted by Gasteiger charge is 2.14. The Kier molecular flexibility index (Phi) is 3.86. The summed E-state index contributed by atoms with van der Waals surface area (Å²) in [5.41, 5.74) is 2.11. The molecule has 1 unspecified atom stereocenters. The Labute approximate surface area is 126 Å². The minimum Gasteiger partial charge on any atom is -0.388 e. The summed E-state index contributed by atoms with van der Waals surface area (Å²) >= 11 is 6.14. The quantitative estimate of drug-likeness (QED) is 0.782. The summed E-state index contributed by atoms with van der Waals surface area (Å²) in [5.74, 6) is -0.307. The third-order valence-corrected chi connectivity index (χ3v) is 3.75. The molecule has 0 spiro atoms. The van der Waals surface area contributed by atoms with E-state index in [1.165, 1.54) is 12.1 Å². The minimum absolute atomic E-state index is 0.307. The summed E-state index contributed by atoms with van der Waals surface area (Å²) in [7, 11) is 0. The van der Waals surface area contributed by atoms with Crippen LogP contribution < -0.4 is 0 Å². The number of fused-ring (bicyclic) bond motifs is 1. The average molecular weight is 302 g/mol.